The zero-order valence-electron chi connectivity index (χ0n) is 17.4. The molecule has 1 unspecified atom stereocenters. The molecule has 0 aromatic carbocycles. The fourth-order valence-corrected chi connectivity index (χ4v) is 3.69. The van der Waals surface area contributed by atoms with E-state index in [2.05, 4.69) is 26.3 Å². The molecule has 4 atom stereocenters. The SMILES string of the molecule is CC[C@H](C)NC(=O)O[C@@H]1CC[C@H](C2CC(NC(=O)c3cc(OC)nn3C)=NN2)C1. The Hall–Kier alpha value is -2.78. The molecule has 160 valence electrons. The quantitative estimate of drug-likeness (QED) is 0.659. The Morgan fingerprint density at radius 1 is 1.41 bits per heavy atom. The number of ether oxygens (including phenoxy) is 2. The van der Waals surface area contributed by atoms with Crippen LogP contribution in [0.3, 0.4) is 0 Å². The molecular formula is C19H30N6O4. The van der Waals surface area contributed by atoms with Gasteiger partial charge >= 0.3 is 6.09 Å². The first-order chi connectivity index (χ1) is 13.9. The number of rotatable bonds is 6. The smallest absolute Gasteiger partial charge is 0.407 e. The summed E-state index contributed by atoms with van der Waals surface area (Å²) in [5.41, 5.74) is 3.52. The van der Waals surface area contributed by atoms with Crippen molar-refractivity contribution in [3.05, 3.63) is 11.8 Å². The summed E-state index contributed by atoms with van der Waals surface area (Å²) in [4.78, 5) is 24.4. The van der Waals surface area contributed by atoms with Gasteiger partial charge in [-0.3, -0.25) is 9.48 Å². The van der Waals surface area contributed by atoms with Crippen LogP contribution in [0.4, 0.5) is 4.79 Å². The number of nitrogens with one attached hydrogen (secondary N) is 3. The number of methoxy groups -OCH3 is 1. The van der Waals surface area contributed by atoms with Crippen molar-refractivity contribution in [1.29, 1.82) is 0 Å². The van der Waals surface area contributed by atoms with Crippen LogP contribution in [0, 0.1) is 5.92 Å². The number of hydrazone groups is 1. The molecule has 2 heterocycles. The summed E-state index contributed by atoms with van der Waals surface area (Å²) in [7, 11) is 3.19. The summed E-state index contributed by atoms with van der Waals surface area (Å²) >= 11 is 0. The first kappa shape index (κ1) is 20.9. The minimum atomic E-state index is -0.347. The highest BCUT2D eigenvalue weighted by molar-refractivity contribution is 6.06. The second kappa shape index (κ2) is 9.15. The second-order valence-corrected chi connectivity index (χ2v) is 7.70. The maximum absolute atomic E-state index is 12.5. The van der Waals surface area contributed by atoms with Crippen molar-refractivity contribution in [2.75, 3.05) is 7.11 Å². The molecule has 2 aliphatic rings. The molecule has 0 saturated heterocycles. The Morgan fingerprint density at radius 2 is 2.21 bits per heavy atom. The van der Waals surface area contributed by atoms with E-state index in [0.717, 1.165) is 25.7 Å². The lowest BCUT2D eigenvalue weighted by atomic mass is 9.96. The molecule has 1 aromatic heterocycles. The van der Waals surface area contributed by atoms with Crippen molar-refractivity contribution in [2.24, 2.45) is 18.1 Å². The monoisotopic (exact) mass is 406 g/mol. The van der Waals surface area contributed by atoms with Gasteiger partial charge in [-0.1, -0.05) is 6.92 Å². The molecular weight excluding hydrogens is 376 g/mol. The molecule has 1 aliphatic carbocycles. The number of aryl methyl sites for hydroxylation is 1. The van der Waals surface area contributed by atoms with Gasteiger partial charge in [0.05, 0.1) is 13.2 Å². The third-order valence-electron chi connectivity index (χ3n) is 5.58. The van der Waals surface area contributed by atoms with Crippen LogP contribution in [0.5, 0.6) is 5.88 Å². The number of carbonyl (C=O) groups excluding carboxylic acids is 2. The lowest BCUT2D eigenvalue weighted by Gasteiger charge is -2.19. The lowest BCUT2D eigenvalue weighted by Crippen LogP contribution is -2.35. The van der Waals surface area contributed by atoms with E-state index in [-0.39, 0.29) is 30.2 Å². The summed E-state index contributed by atoms with van der Waals surface area (Å²) in [5.74, 6) is 1.04. The predicted molar refractivity (Wildman–Crippen MR) is 107 cm³/mol. The summed E-state index contributed by atoms with van der Waals surface area (Å²) in [6, 6.07) is 1.81. The van der Waals surface area contributed by atoms with Crippen LogP contribution in [-0.4, -0.2) is 52.9 Å². The Bertz CT molecular complexity index is 777. The maximum Gasteiger partial charge on any atom is 0.407 e. The van der Waals surface area contributed by atoms with Crippen LogP contribution in [0.2, 0.25) is 0 Å². The van der Waals surface area contributed by atoms with Crippen molar-refractivity contribution in [3.63, 3.8) is 0 Å². The van der Waals surface area contributed by atoms with Crippen LogP contribution < -0.4 is 20.8 Å². The van der Waals surface area contributed by atoms with Crippen molar-refractivity contribution >= 4 is 17.8 Å². The first-order valence-electron chi connectivity index (χ1n) is 10.1. The third-order valence-corrected chi connectivity index (χ3v) is 5.58. The summed E-state index contributed by atoms with van der Waals surface area (Å²) in [5, 5.41) is 14.0. The minimum absolute atomic E-state index is 0.0774. The van der Waals surface area contributed by atoms with Crippen molar-refractivity contribution in [3.8, 4) is 5.88 Å². The zero-order valence-corrected chi connectivity index (χ0v) is 17.4. The predicted octanol–water partition coefficient (Wildman–Crippen LogP) is 1.53. The van der Waals surface area contributed by atoms with Gasteiger partial charge in [0, 0.05) is 25.6 Å². The van der Waals surface area contributed by atoms with E-state index in [1.165, 1.54) is 11.8 Å². The fraction of sp³-hybridized carbons (Fsp3) is 0.684. The second-order valence-electron chi connectivity index (χ2n) is 7.70. The van der Waals surface area contributed by atoms with E-state index in [4.69, 9.17) is 9.47 Å². The first-order valence-corrected chi connectivity index (χ1v) is 10.1. The van der Waals surface area contributed by atoms with Gasteiger partial charge in [-0.05, 0) is 38.5 Å². The van der Waals surface area contributed by atoms with Crippen LogP contribution in [0.1, 0.15) is 56.4 Å². The number of hydrogen-bond acceptors (Lipinski definition) is 7. The summed E-state index contributed by atoms with van der Waals surface area (Å²) in [6.07, 6.45) is 3.65. The fourth-order valence-electron chi connectivity index (χ4n) is 3.69. The Labute approximate surface area is 170 Å². The number of aromatic nitrogens is 2. The summed E-state index contributed by atoms with van der Waals surface area (Å²) < 4.78 is 12.1. The highest BCUT2D eigenvalue weighted by atomic mass is 16.6. The van der Waals surface area contributed by atoms with Crippen LogP contribution in [0.15, 0.2) is 11.2 Å². The number of hydrogen-bond donors (Lipinski definition) is 3. The Morgan fingerprint density at radius 3 is 2.90 bits per heavy atom. The minimum Gasteiger partial charge on any atom is -0.480 e. The highest BCUT2D eigenvalue weighted by Crippen LogP contribution is 2.32. The van der Waals surface area contributed by atoms with Crippen LogP contribution in [0.25, 0.3) is 0 Å². The van der Waals surface area contributed by atoms with Crippen molar-refractivity contribution in [2.45, 2.75) is 64.1 Å². The molecule has 0 radical (unpaired) electrons. The topological polar surface area (TPSA) is 119 Å². The standard InChI is InChI=1S/C19H30N6O4/c1-5-11(2)20-19(27)29-13-7-6-12(8-13)14-9-16(23-22-14)21-18(26)15-10-17(28-4)24-25(15)3/h10-14,22H,5-9H2,1-4H3,(H,20,27)(H,21,23,26)/t11-,12-,13+,14?/m0/s1. The molecule has 3 rings (SSSR count). The van der Waals surface area contributed by atoms with E-state index in [0.29, 0.717) is 29.7 Å². The normalized spacial score (nSPS) is 24.4. The van der Waals surface area contributed by atoms with Gasteiger partial charge in [0.1, 0.15) is 17.6 Å². The molecule has 0 bridgehead atoms. The molecule has 1 aromatic rings. The largest absolute Gasteiger partial charge is 0.480 e. The lowest BCUT2D eigenvalue weighted by molar-refractivity contribution is 0.0944. The molecule has 1 aliphatic heterocycles. The van der Waals surface area contributed by atoms with Gasteiger partial charge < -0.3 is 25.5 Å². The van der Waals surface area contributed by atoms with E-state index in [1.807, 2.05) is 13.8 Å². The molecule has 1 saturated carbocycles. The number of alkyl carbamates (subject to hydrolysis) is 1. The number of amides is 2. The molecule has 0 spiro atoms. The summed E-state index contributed by atoms with van der Waals surface area (Å²) in [6.45, 7) is 3.97. The van der Waals surface area contributed by atoms with Gasteiger partial charge in [-0.15, -0.1) is 5.10 Å². The van der Waals surface area contributed by atoms with E-state index in [1.54, 1.807) is 13.1 Å². The van der Waals surface area contributed by atoms with Crippen molar-refractivity contribution < 1.29 is 19.1 Å². The van der Waals surface area contributed by atoms with Crippen molar-refractivity contribution in [1.82, 2.24) is 25.8 Å². The van der Waals surface area contributed by atoms with Gasteiger partial charge in [0.25, 0.3) is 5.91 Å². The van der Waals surface area contributed by atoms with Gasteiger partial charge in [0.15, 0.2) is 0 Å². The van der Waals surface area contributed by atoms with Crippen LogP contribution >= 0.6 is 0 Å². The van der Waals surface area contributed by atoms with Crippen LogP contribution in [-0.2, 0) is 11.8 Å². The van der Waals surface area contributed by atoms with E-state index in [9.17, 15) is 9.59 Å². The number of nitrogens with zero attached hydrogens (tertiary/aromatic N) is 3. The number of carbonyl (C=O) groups is 2. The van der Waals surface area contributed by atoms with Gasteiger partial charge in [-0.2, -0.15) is 5.10 Å². The number of amidine groups is 1. The third kappa shape index (κ3) is 5.18. The molecule has 1 fully saturated rings. The highest BCUT2D eigenvalue weighted by Gasteiger charge is 2.36. The van der Waals surface area contributed by atoms with E-state index >= 15 is 0 Å². The molecule has 10 heteroatoms. The molecule has 3 N–H and O–H groups in total. The molecule has 2 amide bonds. The Balaban J connectivity index is 1.45. The maximum atomic E-state index is 12.5. The van der Waals surface area contributed by atoms with Gasteiger partial charge in [0.2, 0.25) is 5.88 Å². The molecule has 10 nitrogen and oxygen atoms in total. The van der Waals surface area contributed by atoms with E-state index < -0.39 is 0 Å². The zero-order chi connectivity index (χ0) is 21.0. The molecule has 29 heavy (non-hydrogen) atoms. The average molecular weight is 406 g/mol. The Kier molecular flexibility index (Phi) is 6.60. The average Bonchev–Trinajstić information content (AvgIpc) is 3.41. The van der Waals surface area contributed by atoms with Gasteiger partial charge in [-0.25, -0.2) is 4.79 Å².